The molecule has 1 aromatic carbocycles. The molecule has 3 atom stereocenters. The van der Waals surface area contributed by atoms with Crippen LogP contribution in [0.15, 0.2) is 24.3 Å². The van der Waals surface area contributed by atoms with Crippen molar-refractivity contribution in [3.8, 4) is 5.75 Å². The minimum absolute atomic E-state index is 0.0684. The number of carbonyl (C=O) groups is 3. The molecule has 0 saturated carbocycles. The zero-order valence-corrected chi connectivity index (χ0v) is 21.5. The van der Waals surface area contributed by atoms with Crippen LogP contribution in [-0.2, 0) is 9.22 Å². The van der Waals surface area contributed by atoms with Gasteiger partial charge in [0.2, 0.25) is 14.9 Å². The fourth-order valence-corrected chi connectivity index (χ4v) is 5.93. The van der Waals surface area contributed by atoms with Gasteiger partial charge in [-0.25, -0.2) is 4.79 Å². The van der Waals surface area contributed by atoms with Gasteiger partial charge in [-0.15, -0.1) is 0 Å². The molecule has 3 unspecified atom stereocenters. The van der Waals surface area contributed by atoms with Crippen molar-refractivity contribution in [2.24, 2.45) is 5.92 Å². The Morgan fingerprint density at radius 1 is 1.19 bits per heavy atom. The standard InChI is InChI=1S/C24H37N2O5Si/c1-9-32(24(6,7)8)31-15(2)20-18(25-21(20)28)14-19(27)16-11-10-12-17(13-16)30-22(29)26-23(3,4)5/h10-13,15,18,20H,9,14H2,1-8H3,(H,25,28)(H,26,29). The smallest absolute Gasteiger partial charge is 0.413 e. The Bertz CT molecular complexity index is 844. The summed E-state index contributed by atoms with van der Waals surface area (Å²) in [5.74, 6) is -0.239. The van der Waals surface area contributed by atoms with E-state index >= 15 is 0 Å². The lowest BCUT2D eigenvalue weighted by Gasteiger charge is -2.42. The van der Waals surface area contributed by atoms with Gasteiger partial charge < -0.3 is 19.8 Å². The molecule has 1 heterocycles. The van der Waals surface area contributed by atoms with Gasteiger partial charge in [0.1, 0.15) is 5.75 Å². The van der Waals surface area contributed by atoms with Crippen molar-refractivity contribution in [3.63, 3.8) is 0 Å². The molecule has 0 aliphatic carbocycles. The molecule has 1 fully saturated rings. The zero-order valence-electron chi connectivity index (χ0n) is 20.5. The maximum Gasteiger partial charge on any atom is 0.413 e. The maximum absolute atomic E-state index is 12.9. The first kappa shape index (κ1) is 26.1. The molecule has 2 rings (SSSR count). The Kier molecular flexibility index (Phi) is 8.28. The van der Waals surface area contributed by atoms with E-state index in [9.17, 15) is 14.4 Å². The molecule has 1 aromatic rings. The number of ketones is 1. The highest BCUT2D eigenvalue weighted by atomic mass is 28.3. The van der Waals surface area contributed by atoms with E-state index in [0.717, 1.165) is 6.04 Å². The highest BCUT2D eigenvalue weighted by Gasteiger charge is 2.45. The molecule has 2 N–H and O–H groups in total. The number of nitrogens with one attached hydrogen (secondary N) is 2. The van der Waals surface area contributed by atoms with Crippen molar-refractivity contribution >= 4 is 26.8 Å². The van der Waals surface area contributed by atoms with Gasteiger partial charge in [0.15, 0.2) is 5.78 Å². The number of benzene rings is 1. The highest BCUT2D eigenvalue weighted by molar-refractivity contribution is 6.55. The van der Waals surface area contributed by atoms with Crippen LogP contribution in [0.2, 0.25) is 11.1 Å². The maximum atomic E-state index is 12.9. The molecule has 32 heavy (non-hydrogen) atoms. The third kappa shape index (κ3) is 7.17. The first-order chi connectivity index (χ1) is 14.7. The van der Waals surface area contributed by atoms with Crippen LogP contribution in [0, 0.1) is 5.92 Å². The number of hydrogen-bond donors (Lipinski definition) is 2. The Balaban J connectivity index is 2.01. The summed E-state index contributed by atoms with van der Waals surface area (Å²) in [6, 6.07) is 7.23. The topological polar surface area (TPSA) is 93.7 Å². The third-order valence-corrected chi connectivity index (χ3v) is 8.28. The molecule has 1 saturated heterocycles. The van der Waals surface area contributed by atoms with Crippen molar-refractivity contribution in [1.82, 2.24) is 10.6 Å². The monoisotopic (exact) mass is 461 g/mol. The summed E-state index contributed by atoms with van der Waals surface area (Å²) < 4.78 is 11.6. The molecule has 0 bridgehead atoms. The van der Waals surface area contributed by atoms with E-state index in [0.29, 0.717) is 11.3 Å². The quantitative estimate of drug-likeness (QED) is 0.338. The average Bonchev–Trinajstić information content (AvgIpc) is 2.63. The van der Waals surface area contributed by atoms with E-state index < -0.39 is 20.7 Å². The number of Topliss-reactive ketones (excluding diaryl/α,β-unsaturated/α-hetero) is 1. The van der Waals surface area contributed by atoms with Crippen molar-refractivity contribution in [2.45, 2.75) is 90.6 Å². The largest absolute Gasteiger partial charge is 0.413 e. The first-order valence-corrected chi connectivity index (χ1v) is 12.8. The predicted octanol–water partition coefficient (Wildman–Crippen LogP) is 4.48. The number of amides is 2. The number of hydrogen-bond acceptors (Lipinski definition) is 5. The molecule has 7 nitrogen and oxygen atoms in total. The van der Waals surface area contributed by atoms with Crippen LogP contribution in [0.4, 0.5) is 4.79 Å². The third-order valence-electron chi connectivity index (χ3n) is 5.30. The van der Waals surface area contributed by atoms with Gasteiger partial charge in [0.05, 0.1) is 18.1 Å². The van der Waals surface area contributed by atoms with E-state index in [4.69, 9.17) is 9.16 Å². The lowest BCUT2D eigenvalue weighted by atomic mass is 9.82. The van der Waals surface area contributed by atoms with Gasteiger partial charge in [-0.3, -0.25) is 9.59 Å². The normalized spacial score (nSPS) is 19.7. The second-order valence-corrected chi connectivity index (χ2v) is 13.7. The molecule has 2 amide bonds. The molecule has 0 spiro atoms. The SMILES string of the molecule is CC[Si](OC(C)C1C(=O)NC1CC(=O)c1cccc(OC(=O)NC(C)(C)C)c1)C(C)(C)C. The fourth-order valence-electron chi connectivity index (χ4n) is 3.75. The van der Waals surface area contributed by atoms with Gasteiger partial charge in [0.25, 0.3) is 0 Å². The highest BCUT2D eigenvalue weighted by Crippen LogP contribution is 2.33. The van der Waals surface area contributed by atoms with Crippen LogP contribution in [0.5, 0.6) is 5.75 Å². The number of rotatable bonds is 8. The predicted molar refractivity (Wildman–Crippen MR) is 126 cm³/mol. The first-order valence-electron chi connectivity index (χ1n) is 11.2. The second-order valence-electron chi connectivity index (χ2n) is 10.4. The van der Waals surface area contributed by atoms with E-state index in [1.165, 1.54) is 0 Å². The number of carbonyl (C=O) groups excluding carboxylic acids is 3. The molecule has 1 aliphatic rings. The van der Waals surface area contributed by atoms with Crippen molar-refractivity contribution < 1.29 is 23.5 Å². The number of ether oxygens (including phenoxy) is 1. The summed E-state index contributed by atoms with van der Waals surface area (Å²) in [5, 5.41) is 5.64. The van der Waals surface area contributed by atoms with E-state index in [-0.39, 0.29) is 41.2 Å². The zero-order chi connectivity index (χ0) is 24.3. The van der Waals surface area contributed by atoms with Crippen LogP contribution < -0.4 is 15.4 Å². The summed E-state index contributed by atoms with van der Waals surface area (Å²) in [4.78, 5) is 37.1. The van der Waals surface area contributed by atoms with Crippen LogP contribution in [0.1, 0.15) is 72.2 Å². The summed E-state index contributed by atoms with van der Waals surface area (Å²) >= 11 is 0. The molecule has 177 valence electrons. The molecule has 1 radical (unpaired) electrons. The molecule has 0 aromatic heterocycles. The molecule has 8 heteroatoms. The van der Waals surface area contributed by atoms with Crippen LogP contribution in [0.3, 0.4) is 0 Å². The lowest BCUT2D eigenvalue weighted by Crippen LogP contribution is -2.63. The van der Waals surface area contributed by atoms with Crippen LogP contribution in [-0.4, -0.2) is 44.5 Å². The Hall–Kier alpha value is -2.19. The summed E-state index contributed by atoms with van der Waals surface area (Å²) in [7, 11) is -1.09. The average molecular weight is 462 g/mol. The lowest BCUT2D eigenvalue weighted by molar-refractivity contribution is -0.139. The van der Waals surface area contributed by atoms with Crippen molar-refractivity contribution in [2.75, 3.05) is 0 Å². The van der Waals surface area contributed by atoms with Crippen LogP contribution in [0.25, 0.3) is 0 Å². The van der Waals surface area contributed by atoms with Gasteiger partial charge in [-0.05, 0) is 50.9 Å². The Morgan fingerprint density at radius 2 is 1.84 bits per heavy atom. The summed E-state index contributed by atoms with van der Waals surface area (Å²) in [5.41, 5.74) is 0.0135. The number of β-lactam (4-membered cyclic amide) rings is 1. The van der Waals surface area contributed by atoms with Gasteiger partial charge in [0, 0.05) is 17.5 Å². The fraction of sp³-hybridized carbons (Fsp3) is 0.625. The van der Waals surface area contributed by atoms with E-state index in [2.05, 4.69) is 38.3 Å². The van der Waals surface area contributed by atoms with Gasteiger partial charge >= 0.3 is 6.09 Å². The Morgan fingerprint density at radius 3 is 2.38 bits per heavy atom. The van der Waals surface area contributed by atoms with Gasteiger partial charge in [-0.2, -0.15) is 0 Å². The van der Waals surface area contributed by atoms with E-state index in [1.54, 1.807) is 24.3 Å². The summed E-state index contributed by atoms with van der Waals surface area (Å²) in [6.07, 6.45) is -0.650. The van der Waals surface area contributed by atoms with Crippen molar-refractivity contribution in [1.29, 1.82) is 0 Å². The second kappa shape index (κ2) is 10.2. The van der Waals surface area contributed by atoms with Crippen molar-refractivity contribution in [3.05, 3.63) is 29.8 Å². The van der Waals surface area contributed by atoms with E-state index in [1.807, 2.05) is 27.7 Å². The Labute approximate surface area is 193 Å². The van der Waals surface area contributed by atoms with Gasteiger partial charge in [-0.1, -0.05) is 39.8 Å². The van der Waals surface area contributed by atoms with Crippen LogP contribution >= 0.6 is 0 Å². The minimum atomic E-state index is -1.09. The minimum Gasteiger partial charge on any atom is -0.413 e. The molecular formula is C24H37N2O5Si. The molecule has 1 aliphatic heterocycles. The summed E-state index contributed by atoms with van der Waals surface area (Å²) in [6.45, 7) is 16.1. The molecular weight excluding hydrogens is 424 g/mol.